The highest BCUT2D eigenvalue weighted by Gasteiger charge is 2.32. The van der Waals surface area contributed by atoms with E-state index in [0.29, 0.717) is 5.75 Å². The Hall–Kier alpha value is -2.77. The van der Waals surface area contributed by atoms with Crippen molar-refractivity contribution in [3.05, 3.63) is 48.3 Å². The number of nitrogens with zero attached hydrogens (tertiary/aromatic N) is 1. The van der Waals surface area contributed by atoms with Gasteiger partial charge in [-0.05, 0) is 19.1 Å². The molecule has 0 saturated heterocycles. The Balaban J connectivity index is 2.06. The first-order valence-corrected chi connectivity index (χ1v) is 6.10. The van der Waals surface area contributed by atoms with Crippen LogP contribution >= 0.6 is 0 Å². The predicted molar refractivity (Wildman–Crippen MR) is 71.7 cm³/mol. The topological polar surface area (TPSA) is 60.5 Å². The molecule has 0 aliphatic heterocycles. The van der Waals surface area contributed by atoms with Crippen molar-refractivity contribution in [1.29, 1.82) is 0 Å². The summed E-state index contributed by atoms with van der Waals surface area (Å²) in [5, 5.41) is 2.27. The summed E-state index contributed by atoms with van der Waals surface area (Å²) in [5.41, 5.74) is 0.0603. The van der Waals surface area contributed by atoms with Crippen molar-refractivity contribution < 1.29 is 27.4 Å². The average molecular weight is 312 g/mol. The average Bonchev–Trinajstić information content (AvgIpc) is 2.42. The van der Waals surface area contributed by atoms with Gasteiger partial charge >= 0.3 is 12.5 Å². The van der Waals surface area contributed by atoms with Gasteiger partial charge in [0.1, 0.15) is 5.75 Å². The van der Waals surface area contributed by atoms with Gasteiger partial charge < -0.3 is 9.47 Å². The number of aryl methyl sites for hydroxylation is 1. The summed E-state index contributed by atoms with van der Waals surface area (Å²) in [6, 6.07) is 9.23. The Kier molecular flexibility index (Phi) is 4.50. The minimum Gasteiger partial charge on any atom is -0.410 e. The van der Waals surface area contributed by atoms with E-state index in [2.05, 4.69) is 15.0 Å². The number of para-hydroxylation sites is 1. The summed E-state index contributed by atoms with van der Waals surface area (Å²) in [6.07, 6.45) is -4.49. The highest BCUT2D eigenvalue weighted by atomic mass is 19.4. The monoisotopic (exact) mass is 312 g/mol. The van der Waals surface area contributed by atoms with Crippen molar-refractivity contribution in [2.24, 2.45) is 0 Å². The molecule has 5 nitrogen and oxygen atoms in total. The number of amides is 1. The van der Waals surface area contributed by atoms with E-state index in [4.69, 9.17) is 4.74 Å². The molecule has 0 aliphatic carbocycles. The number of carbonyl (C=O) groups excluding carboxylic acids is 1. The third-order valence-corrected chi connectivity index (χ3v) is 2.47. The van der Waals surface area contributed by atoms with E-state index in [-0.39, 0.29) is 11.4 Å². The number of anilines is 1. The Bertz CT molecular complexity index is 660. The van der Waals surface area contributed by atoms with Crippen LogP contribution in [0.15, 0.2) is 42.6 Å². The summed E-state index contributed by atoms with van der Waals surface area (Å²) < 4.78 is 45.5. The smallest absolute Gasteiger partial charge is 0.410 e. The number of pyridine rings is 1. The Morgan fingerprint density at radius 3 is 2.55 bits per heavy atom. The molecule has 116 valence electrons. The standard InChI is InChI=1S/C14H11F3N2O3/c1-9-12(22-14(15,16)17)7-10(8-18-9)19-13(20)21-11-5-3-2-4-6-11/h2-8H,1H3,(H,19,20). The number of ether oxygens (including phenoxy) is 2. The molecule has 1 amide bonds. The molecule has 22 heavy (non-hydrogen) atoms. The molecule has 0 atom stereocenters. The fourth-order valence-corrected chi connectivity index (χ4v) is 1.55. The molecular weight excluding hydrogens is 301 g/mol. The SMILES string of the molecule is Cc1ncc(NC(=O)Oc2ccccc2)cc1OC(F)(F)F. The maximum atomic E-state index is 12.2. The number of benzene rings is 1. The second-order valence-corrected chi connectivity index (χ2v) is 4.18. The maximum Gasteiger partial charge on any atom is 0.573 e. The third kappa shape index (κ3) is 4.65. The van der Waals surface area contributed by atoms with Crippen LogP contribution in [0, 0.1) is 6.92 Å². The van der Waals surface area contributed by atoms with Gasteiger partial charge in [0.05, 0.1) is 17.6 Å². The molecule has 0 spiro atoms. The molecule has 1 aromatic carbocycles. The highest BCUT2D eigenvalue weighted by Crippen LogP contribution is 2.27. The van der Waals surface area contributed by atoms with Gasteiger partial charge in [0, 0.05) is 6.07 Å². The number of halogens is 3. The summed E-state index contributed by atoms with van der Waals surface area (Å²) >= 11 is 0. The number of alkyl halides is 3. The van der Waals surface area contributed by atoms with Gasteiger partial charge in [-0.25, -0.2) is 4.79 Å². The van der Waals surface area contributed by atoms with Crippen LogP contribution in [0.3, 0.4) is 0 Å². The lowest BCUT2D eigenvalue weighted by molar-refractivity contribution is -0.274. The molecule has 2 rings (SSSR count). The zero-order chi connectivity index (χ0) is 16.2. The van der Waals surface area contributed by atoms with Gasteiger partial charge in [0.15, 0.2) is 5.75 Å². The normalized spacial score (nSPS) is 10.9. The molecular formula is C14H11F3N2O3. The highest BCUT2D eigenvalue weighted by molar-refractivity contribution is 5.86. The van der Waals surface area contributed by atoms with E-state index < -0.39 is 18.2 Å². The molecule has 0 saturated carbocycles. The van der Waals surface area contributed by atoms with Crippen LogP contribution in [0.25, 0.3) is 0 Å². The Labute approximate surface area is 123 Å². The fraction of sp³-hybridized carbons (Fsp3) is 0.143. The van der Waals surface area contributed by atoms with Crippen molar-refractivity contribution in [3.63, 3.8) is 0 Å². The van der Waals surface area contributed by atoms with Gasteiger partial charge in [0.25, 0.3) is 0 Å². The molecule has 0 radical (unpaired) electrons. The van der Waals surface area contributed by atoms with Crippen molar-refractivity contribution in [2.75, 3.05) is 5.32 Å². The summed E-state index contributed by atoms with van der Waals surface area (Å²) in [7, 11) is 0. The number of hydrogen-bond acceptors (Lipinski definition) is 4. The van der Waals surface area contributed by atoms with Crippen LogP contribution in [0.5, 0.6) is 11.5 Å². The van der Waals surface area contributed by atoms with Gasteiger partial charge in [-0.2, -0.15) is 0 Å². The third-order valence-electron chi connectivity index (χ3n) is 2.47. The van der Waals surface area contributed by atoms with Crippen molar-refractivity contribution >= 4 is 11.8 Å². The van der Waals surface area contributed by atoms with Crippen molar-refractivity contribution in [2.45, 2.75) is 13.3 Å². The Morgan fingerprint density at radius 2 is 1.91 bits per heavy atom. The van der Waals surface area contributed by atoms with E-state index >= 15 is 0 Å². The van der Waals surface area contributed by atoms with Gasteiger partial charge in [-0.15, -0.1) is 13.2 Å². The molecule has 1 N–H and O–H groups in total. The van der Waals surface area contributed by atoms with Gasteiger partial charge in [-0.1, -0.05) is 18.2 Å². The van der Waals surface area contributed by atoms with E-state index in [1.807, 2.05) is 0 Å². The lowest BCUT2D eigenvalue weighted by Gasteiger charge is -2.12. The second-order valence-electron chi connectivity index (χ2n) is 4.18. The minimum atomic E-state index is -4.84. The second kappa shape index (κ2) is 6.33. The molecule has 0 fully saturated rings. The molecule has 0 unspecified atom stereocenters. The van der Waals surface area contributed by atoms with Crippen LogP contribution in [0.2, 0.25) is 0 Å². The fourth-order valence-electron chi connectivity index (χ4n) is 1.55. The van der Waals surface area contributed by atoms with Crippen LogP contribution in [0.4, 0.5) is 23.7 Å². The number of aromatic nitrogens is 1. The zero-order valence-corrected chi connectivity index (χ0v) is 11.3. The molecule has 1 heterocycles. The van der Waals surface area contributed by atoms with Crippen LogP contribution in [-0.4, -0.2) is 17.4 Å². The largest absolute Gasteiger partial charge is 0.573 e. The zero-order valence-electron chi connectivity index (χ0n) is 11.3. The van der Waals surface area contributed by atoms with Crippen LogP contribution in [0.1, 0.15) is 5.69 Å². The lowest BCUT2D eigenvalue weighted by atomic mass is 10.3. The van der Waals surface area contributed by atoms with Crippen LogP contribution in [-0.2, 0) is 0 Å². The lowest BCUT2D eigenvalue weighted by Crippen LogP contribution is -2.19. The summed E-state index contributed by atoms with van der Waals surface area (Å²) in [5.74, 6) is -0.197. The van der Waals surface area contributed by atoms with E-state index in [1.165, 1.54) is 13.1 Å². The predicted octanol–water partition coefficient (Wildman–Crippen LogP) is 3.90. The van der Waals surface area contributed by atoms with Gasteiger partial charge in [-0.3, -0.25) is 10.3 Å². The maximum absolute atomic E-state index is 12.2. The van der Waals surface area contributed by atoms with Crippen molar-refractivity contribution in [1.82, 2.24) is 4.98 Å². The Morgan fingerprint density at radius 1 is 1.23 bits per heavy atom. The van der Waals surface area contributed by atoms with E-state index in [9.17, 15) is 18.0 Å². The number of rotatable bonds is 3. The van der Waals surface area contributed by atoms with E-state index in [1.54, 1.807) is 30.3 Å². The van der Waals surface area contributed by atoms with E-state index in [0.717, 1.165) is 6.07 Å². The molecule has 0 aliphatic rings. The molecule has 8 heteroatoms. The number of carbonyl (C=O) groups is 1. The van der Waals surface area contributed by atoms with Crippen molar-refractivity contribution in [3.8, 4) is 11.5 Å². The summed E-state index contributed by atoms with van der Waals surface area (Å²) in [4.78, 5) is 15.4. The quantitative estimate of drug-likeness (QED) is 0.933. The van der Waals surface area contributed by atoms with Gasteiger partial charge in [0.2, 0.25) is 0 Å². The number of hydrogen-bond donors (Lipinski definition) is 1. The number of nitrogens with one attached hydrogen (secondary N) is 1. The first kappa shape index (κ1) is 15.6. The van der Waals surface area contributed by atoms with Crippen LogP contribution < -0.4 is 14.8 Å². The first-order valence-electron chi connectivity index (χ1n) is 6.10. The molecule has 1 aromatic heterocycles. The molecule has 2 aromatic rings. The minimum absolute atomic E-state index is 0.0192. The summed E-state index contributed by atoms with van der Waals surface area (Å²) in [6.45, 7) is 1.35. The molecule has 0 bridgehead atoms. The first-order chi connectivity index (χ1) is 10.3.